The Labute approximate surface area is 112 Å². The summed E-state index contributed by atoms with van der Waals surface area (Å²) in [5.74, 6) is -0.875. The van der Waals surface area contributed by atoms with Gasteiger partial charge in [-0.2, -0.15) is 0 Å². The van der Waals surface area contributed by atoms with Crippen molar-refractivity contribution in [1.82, 2.24) is 4.57 Å². The van der Waals surface area contributed by atoms with E-state index in [1.54, 1.807) is 6.07 Å². The minimum atomic E-state index is -0.875. The fraction of sp³-hybridized carbons (Fsp3) is 0.400. The van der Waals surface area contributed by atoms with Crippen LogP contribution in [-0.2, 0) is 13.0 Å². The molecule has 2 aromatic rings. The van der Waals surface area contributed by atoms with Crippen LogP contribution in [0.2, 0.25) is 0 Å². The normalized spacial score (nSPS) is 11.2. The number of hydrogen-bond acceptors (Lipinski definition) is 2. The topological polar surface area (TPSA) is 68.2 Å². The Kier molecular flexibility index (Phi) is 3.62. The van der Waals surface area contributed by atoms with Crippen molar-refractivity contribution in [3.8, 4) is 0 Å². The molecule has 0 saturated carbocycles. The monoisotopic (exact) mass is 260 g/mol. The molecular weight excluding hydrogens is 240 g/mol. The van der Waals surface area contributed by atoms with Gasteiger partial charge in [0, 0.05) is 17.6 Å². The molecule has 1 aromatic heterocycles. The van der Waals surface area contributed by atoms with Crippen molar-refractivity contribution in [3.63, 3.8) is 0 Å². The zero-order valence-corrected chi connectivity index (χ0v) is 11.7. The van der Waals surface area contributed by atoms with E-state index in [4.69, 9.17) is 5.73 Å². The zero-order valence-electron chi connectivity index (χ0n) is 11.7. The van der Waals surface area contributed by atoms with Gasteiger partial charge in [0.25, 0.3) is 0 Å². The van der Waals surface area contributed by atoms with Crippen LogP contribution in [0.5, 0.6) is 0 Å². The van der Waals surface area contributed by atoms with Gasteiger partial charge in [-0.25, -0.2) is 4.79 Å². The molecule has 0 amide bonds. The van der Waals surface area contributed by atoms with Crippen LogP contribution in [0.3, 0.4) is 0 Å². The van der Waals surface area contributed by atoms with Gasteiger partial charge in [-0.15, -0.1) is 0 Å². The first-order valence-corrected chi connectivity index (χ1v) is 6.56. The lowest BCUT2D eigenvalue weighted by Crippen LogP contribution is -2.05. The summed E-state index contributed by atoms with van der Waals surface area (Å²) in [4.78, 5) is 11.5. The van der Waals surface area contributed by atoms with Crippen molar-refractivity contribution in [1.29, 1.82) is 0 Å². The Hall–Kier alpha value is -1.81. The Morgan fingerprint density at radius 3 is 2.58 bits per heavy atom. The van der Waals surface area contributed by atoms with Gasteiger partial charge < -0.3 is 15.4 Å². The first-order valence-electron chi connectivity index (χ1n) is 6.56. The molecule has 19 heavy (non-hydrogen) atoms. The fourth-order valence-corrected chi connectivity index (χ4v) is 2.84. The number of benzene rings is 1. The van der Waals surface area contributed by atoms with Gasteiger partial charge >= 0.3 is 5.97 Å². The van der Waals surface area contributed by atoms with Crippen LogP contribution in [-0.4, -0.2) is 22.2 Å². The van der Waals surface area contributed by atoms with Gasteiger partial charge in [0.1, 0.15) is 0 Å². The number of carboxylic acid groups (broad SMARTS) is 1. The summed E-state index contributed by atoms with van der Waals surface area (Å²) in [7, 11) is 0. The molecule has 1 heterocycles. The fourth-order valence-electron chi connectivity index (χ4n) is 2.84. The quantitative estimate of drug-likeness (QED) is 0.887. The Bertz CT molecular complexity index is 641. The SMILES string of the molecule is CCn1c(C)c(CCN)c2cc(C)cc(C(=O)O)c21. The lowest BCUT2D eigenvalue weighted by Gasteiger charge is -2.07. The molecule has 102 valence electrons. The van der Waals surface area contributed by atoms with E-state index in [2.05, 4.69) is 10.6 Å². The first-order chi connectivity index (χ1) is 9.01. The van der Waals surface area contributed by atoms with E-state index in [0.29, 0.717) is 12.1 Å². The maximum absolute atomic E-state index is 11.5. The lowest BCUT2D eigenvalue weighted by atomic mass is 10.0. The summed E-state index contributed by atoms with van der Waals surface area (Å²) < 4.78 is 2.07. The highest BCUT2D eigenvalue weighted by Crippen LogP contribution is 2.30. The number of hydrogen-bond donors (Lipinski definition) is 2. The molecule has 0 aliphatic carbocycles. The molecule has 0 bridgehead atoms. The van der Waals surface area contributed by atoms with E-state index in [0.717, 1.165) is 35.1 Å². The van der Waals surface area contributed by atoms with E-state index >= 15 is 0 Å². The predicted molar refractivity (Wildman–Crippen MR) is 76.8 cm³/mol. The van der Waals surface area contributed by atoms with Gasteiger partial charge in [0.2, 0.25) is 0 Å². The van der Waals surface area contributed by atoms with Crippen molar-refractivity contribution in [2.24, 2.45) is 5.73 Å². The number of nitrogens with zero attached hydrogens (tertiary/aromatic N) is 1. The molecular formula is C15H20N2O2. The number of carbonyl (C=O) groups is 1. The first kappa shape index (κ1) is 13.6. The van der Waals surface area contributed by atoms with Crippen LogP contribution in [0.25, 0.3) is 10.9 Å². The predicted octanol–water partition coefficient (Wildman–Crippen LogP) is 2.48. The molecule has 0 spiro atoms. The average Bonchev–Trinajstić information content (AvgIpc) is 2.62. The molecule has 0 radical (unpaired) electrons. The van der Waals surface area contributed by atoms with Gasteiger partial charge in [-0.05, 0) is 57.0 Å². The number of nitrogens with two attached hydrogens (primary N) is 1. The van der Waals surface area contributed by atoms with Crippen molar-refractivity contribution < 1.29 is 9.90 Å². The molecule has 3 N–H and O–H groups in total. The molecule has 4 heteroatoms. The van der Waals surface area contributed by atoms with E-state index < -0.39 is 5.97 Å². The third-order valence-electron chi connectivity index (χ3n) is 3.63. The van der Waals surface area contributed by atoms with Gasteiger partial charge in [-0.1, -0.05) is 0 Å². The van der Waals surface area contributed by atoms with Crippen LogP contribution >= 0.6 is 0 Å². The number of aromatic carboxylic acids is 1. The molecule has 0 fully saturated rings. The van der Waals surface area contributed by atoms with Crippen molar-refractivity contribution in [2.45, 2.75) is 33.7 Å². The van der Waals surface area contributed by atoms with Crippen LogP contribution in [0, 0.1) is 13.8 Å². The lowest BCUT2D eigenvalue weighted by molar-refractivity contribution is 0.0698. The number of aryl methyl sites for hydroxylation is 2. The van der Waals surface area contributed by atoms with Crippen LogP contribution < -0.4 is 5.73 Å². The second kappa shape index (κ2) is 5.05. The van der Waals surface area contributed by atoms with E-state index in [1.165, 1.54) is 5.56 Å². The maximum Gasteiger partial charge on any atom is 0.337 e. The van der Waals surface area contributed by atoms with Gasteiger partial charge in [0.15, 0.2) is 0 Å². The van der Waals surface area contributed by atoms with Gasteiger partial charge in [-0.3, -0.25) is 0 Å². The average molecular weight is 260 g/mol. The van der Waals surface area contributed by atoms with Crippen LogP contribution in [0.1, 0.15) is 34.1 Å². The van der Waals surface area contributed by atoms with E-state index in [9.17, 15) is 9.90 Å². The van der Waals surface area contributed by atoms with Crippen LogP contribution in [0.4, 0.5) is 0 Å². The standard InChI is InChI=1S/C15H20N2O2/c1-4-17-10(3)11(5-6-16)12-7-9(2)8-13(14(12)17)15(18)19/h7-8H,4-6,16H2,1-3H3,(H,18,19). The van der Waals surface area contributed by atoms with E-state index in [1.807, 2.05) is 20.8 Å². The van der Waals surface area contributed by atoms with Crippen molar-refractivity contribution >= 4 is 16.9 Å². The molecule has 0 unspecified atom stereocenters. The van der Waals surface area contributed by atoms with Gasteiger partial charge in [0.05, 0.1) is 11.1 Å². The molecule has 0 aliphatic heterocycles. The molecule has 0 aliphatic rings. The smallest absolute Gasteiger partial charge is 0.337 e. The molecule has 2 rings (SSSR count). The maximum atomic E-state index is 11.5. The summed E-state index contributed by atoms with van der Waals surface area (Å²) in [5, 5.41) is 10.4. The number of fused-ring (bicyclic) bond motifs is 1. The second-order valence-corrected chi connectivity index (χ2v) is 4.86. The summed E-state index contributed by atoms with van der Waals surface area (Å²) in [6.45, 7) is 7.33. The molecule has 1 aromatic carbocycles. The highest BCUT2D eigenvalue weighted by Gasteiger charge is 2.19. The molecule has 0 atom stereocenters. The largest absolute Gasteiger partial charge is 0.478 e. The summed E-state index contributed by atoms with van der Waals surface area (Å²) in [6.07, 6.45) is 0.776. The second-order valence-electron chi connectivity index (χ2n) is 4.86. The summed E-state index contributed by atoms with van der Waals surface area (Å²) in [5.41, 5.74) is 10.1. The van der Waals surface area contributed by atoms with Crippen molar-refractivity contribution in [3.05, 3.63) is 34.5 Å². The van der Waals surface area contributed by atoms with E-state index in [-0.39, 0.29) is 0 Å². The highest BCUT2D eigenvalue weighted by molar-refractivity contribution is 6.04. The summed E-state index contributed by atoms with van der Waals surface area (Å²) >= 11 is 0. The minimum absolute atomic E-state index is 0.378. The Balaban J connectivity index is 2.92. The number of carboxylic acids is 1. The minimum Gasteiger partial charge on any atom is -0.478 e. The summed E-state index contributed by atoms with van der Waals surface area (Å²) in [6, 6.07) is 3.80. The molecule has 0 saturated heterocycles. The third kappa shape index (κ3) is 2.12. The third-order valence-corrected chi connectivity index (χ3v) is 3.63. The Morgan fingerprint density at radius 1 is 1.37 bits per heavy atom. The highest BCUT2D eigenvalue weighted by atomic mass is 16.4. The van der Waals surface area contributed by atoms with Crippen LogP contribution in [0.15, 0.2) is 12.1 Å². The molecule has 4 nitrogen and oxygen atoms in total. The zero-order chi connectivity index (χ0) is 14.2. The number of aromatic nitrogens is 1. The van der Waals surface area contributed by atoms with Crippen molar-refractivity contribution in [2.75, 3.05) is 6.54 Å². The number of rotatable bonds is 4. The Morgan fingerprint density at radius 2 is 2.05 bits per heavy atom.